The summed E-state index contributed by atoms with van der Waals surface area (Å²) >= 11 is 6.15. The molecule has 0 fully saturated rings. The third kappa shape index (κ3) is 2.59. The highest BCUT2D eigenvalue weighted by Gasteiger charge is 2.08. The lowest BCUT2D eigenvalue weighted by atomic mass is 10.3. The Morgan fingerprint density at radius 2 is 2.22 bits per heavy atom. The van der Waals surface area contributed by atoms with Crippen LogP contribution in [0.3, 0.4) is 0 Å². The molecule has 0 amide bonds. The average molecular weight is 266 g/mol. The van der Waals surface area contributed by atoms with Crippen molar-refractivity contribution < 1.29 is 4.74 Å². The fourth-order valence-corrected chi connectivity index (χ4v) is 1.90. The van der Waals surface area contributed by atoms with E-state index >= 15 is 0 Å². The lowest BCUT2D eigenvalue weighted by Crippen LogP contribution is -2.01. The Labute approximate surface area is 112 Å². The lowest BCUT2D eigenvalue weighted by molar-refractivity contribution is 0.415. The van der Waals surface area contributed by atoms with E-state index in [2.05, 4.69) is 17.2 Å². The summed E-state index contributed by atoms with van der Waals surface area (Å²) in [5, 5.41) is 3.87. The van der Waals surface area contributed by atoms with Crippen LogP contribution in [-0.4, -0.2) is 16.7 Å². The van der Waals surface area contributed by atoms with Crippen molar-refractivity contribution in [3.8, 4) is 5.75 Å². The Balaban J connectivity index is 2.32. The summed E-state index contributed by atoms with van der Waals surface area (Å²) in [6.07, 6.45) is 2.00. The lowest BCUT2D eigenvalue weighted by Gasteiger charge is -2.10. The van der Waals surface area contributed by atoms with Gasteiger partial charge in [-0.2, -0.15) is 0 Å². The van der Waals surface area contributed by atoms with Crippen LogP contribution in [0.4, 0.5) is 11.6 Å². The molecule has 96 valence electrons. The van der Waals surface area contributed by atoms with E-state index in [-0.39, 0.29) is 0 Å². The molecule has 0 saturated carbocycles. The molecule has 0 aliphatic heterocycles. The fraction of sp³-hybridized carbons (Fsp3) is 0.308. The summed E-state index contributed by atoms with van der Waals surface area (Å²) in [6, 6.07) is 5.48. The summed E-state index contributed by atoms with van der Waals surface area (Å²) in [5.74, 6) is 1.54. The number of imidazole rings is 1. The number of rotatable bonds is 4. The Morgan fingerprint density at radius 3 is 2.89 bits per heavy atom. The molecule has 1 N–H and O–H groups in total. The summed E-state index contributed by atoms with van der Waals surface area (Å²) in [5.41, 5.74) is 1.76. The molecule has 18 heavy (non-hydrogen) atoms. The van der Waals surface area contributed by atoms with E-state index in [0.29, 0.717) is 5.02 Å². The number of methoxy groups -OCH3 is 1. The van der Waals surface area contributed by atoms with Gasteiger partial charge >= 0.3 is 0 Å². The molecule has 0 aliphatic rings. The van der Waals surface area contributed by atoms with E-state index in [0.717, 1.165) is 29.6 Å². The van der Waals surface area contributed by atoms with Crippen LogP contribution in [0, 0.1) is 6.92 Å². The maximum atomic E-state index is 6.15. The van der Waals surface area contributed by atoms with Gasteiger partial charge in [0.05, 0.1) is 23.5 Å². The largest absolute Gasteiger partial charge is 0.497 e. The highest BCUT2D eigenvalue weighted by Crippen LogP contribution is 2.29. The van der Waals surface area contributed by atoms with Crippen LogP contribution in [0.1, 0.15) is 12.6 Å². The molecule has 0 radical (unpaired) electrons. The number of benzene rings is 1. The van der Waals surface area contributed by atoms with Gasteiger partial charge < -0.3 is 14.6 Å². The van der Waals surface area contributed by atoms with Crippen molar-refractivity contribution >= 4 is 23.2 Å². The number of hydrogen-bond acceptors (Lipinski definition) is 3. The molecule has 5 heteroatoms. The number of ether oxygens (including phenoxy) is 1. The van der Waals surface area contributed by atoms with Crippen LogP contribution in [0.15, 0.2) is 24.4 Å². The van der Waals surface area contributed by atoms with Crippen molar-refractivity contribution in [2.24, 2.45) is 0 Å². The van der Waals surface area contributed by atoms with Crippen LogP contribution >= 0.6 is 11.6 Å². The van der Waals surface area contributed by atoms with Crippen molar-refractivity contribution in [3.05, 3.63) is 35.1 Å². The van der Waals surface area contributed by atoms with E-state index in [1.54, 1.807) is 13.2 Å². The first kappa shape index (κ1) is 12.8. The highest BCUT2D eigenvalue weighted by molar-refractivity contribution is 6.33. The van der Waals surface area contributed by atoms with Gasteiger partial charge in [-0.3, -0.25) is 0 Å². The predicted octanol–water partition coefficient (Wildman–Crippen LogP) is 3.62. The van der Waals surface area contributed by atoms with Crippen molar-refractivity contribution in [1.82, 2.24) is 9.55 Å². The Bertz CT molecular complexity index is 551. The van der Waals surface area contributed by atoms with Crippen LogP contribution in [0.2, 0.25) is 5.02 Å². The van der Waals surface area contributed by atoms with Crippen LogP contribution < -0.4 is 10.1 Å². The quantitative estimate of drug-likeness (QED) is 0.918. The number of hydrogen-bond donors (Lipinski definition) is 1. The van der Waals surface area contributed by atoms with Crippen LogP contribution in [0.5, 0.6) is 5.75 Å². The van der Waals surface area contributed by atoms with E-state index < -0.39 is 0 Å². The number of aromatic nitrogens is 2. The molecule has 1 aromatic heterocycles. The predicted molar refractivity (Wildman–Crippen MR) is 73.9 cm³/mol. The maximum Gasteiger partial charge on any atom is 0.207 e. The van der Waals surface area contributed by atoms with Crippen molar-refractivity contribution in [2.45, 2.75) is 20.4 Å². The first-order chi connectivity index (χ1) is 8.63. The molecular formula is C13H16ClN3O. The van der Waals surface area contributed by atoms with Gasteiger partial charge in [0.15, 0.2) is 0 Å². The zero-order chi connectivity index (χ0) is 13.1. The topological polar surface area (TPSA) is 39.1 Å². The van der Waals surface area contributed by atoms with E-state index in [1.807, 2.05) is 29.8 Å². The molecule has 1 heterocycles. The SMILES string of the molecule is CCn1cc(C)nc1Nc1cc(OC)ccc1Cl. The molecule has 0 atom stereocenters. The first-order valence-electron chi connectivity index (χ1n) is 5.78. The summed E-state index contributed by atoms with van der Waals surface area (Å²) in [4.78, 5) is 4.43. The molecule has 0 spiro atoms. The van der Waals surface area contributed by atoms with Gasteiger partial charge in [-0.1, -0.05) is 11.6 Å². The molecule has 0 saturated heterocycles. The second-order valence-corrected chi connectivity index (χ2v) is 4.37. The van der Waals surface area contributed by atoms with E-state index in [9.17, 15) is 0 Å². The second kappa shape index (κ2) is 5.31. The first-order valence-corrected chi connectivity index (χ1v) is 6.16. The Kier molecular flexibility index (Phi) is 3.77. The molecule has 1 aromatic carbocycles. The van der Waals surface area contributed by atoms with E-state index in [1.165, 1.54) is 0 Å². The van der Waals surface area contributed by atoms with Gasteiger partial charge in [-0.05, 0) is 26.0 Å². The number of nitrogens with zero attached hydrogens (tertiary/aromatic N) is 2. The van der Waals surface area contributed by atoms with Gasteiger partial charge in [0.2, 0.25) is 5.95 Å². The minimum atomic E-state index is 0.638. The minimum absolute atomic E-state index is 0.638. The number of halogens is 1. The highest BCUT2D eigenvalue weighted by atomic mass is 35.5. The number of aryl methyl sites for hydroxylation is 2. The zero-order valence-corrected chi connectivity index (χ0v) is 11.5. The molecule has 0 aliphatic carbocycles. The average Bonchev–Trinajstić information content (AvgIpc) is 2.72. The summed E-state index contributed by atoms with van der Waals surface area (Å²) < 4.78 is 7.22. The Morgan fingerprint density at radius 1 is 1.44 bits per heavy atom. The summed E-state index contributed by atoms with van der Waals surface area (Å²) in [7, 11) is 1.63. The fourth-order valence-electron chi connectivity index (χ4n) is 1.74. The van der Waals surface area contributed by atoms with Gasteiger partial charge in [-0.25, -0.2) is 4.98 Å². The number of anilines is 2. The van der Waals surface area contributed by atoms with E-state index in [4.69, 9.17) is 16.3 Å². The van der Waals surface area contributed by atoms with Gasteiger partial charge in [0, 0.05) is 18.8 Å². The van der Waals surface area contributed by atoms with Crippen molar-refractivity contribution in [3.63, 3.8) is 0 Å². The Hall–Kier alpha value is -1.68. The van der Waals surface area contributed by atoms with Gasteiger partial charge in [0.25, 0.3) is 0 Å². The minimum Gasteiger partial charge on any atom is -0.497 e. The zero-order valence-electron chi connectivity index (χ0n) is 10.7. The maximum absolute atomic E-state index is 6.15. The number of nitrogens with one attached hydrogen (secondary N) is 1. The van der Waals surface area contributed by atoms with Gasteiger partial charge in [-0.15, -0.1) is 0 Å². The van der Waals surface area contributed by atoms with Crippen molar-refractivity contribution in [2.75, 3.05) is 12.4 Å². The smallest absolute Gasteiger partial charge is 0.207 e. The van der Waals surface area contributed by atoms with Gasteiger partial charge in [0.1, 0.15) is 5.75 Å². The normalized spacial score (nSPS) is 10.4. The molecule has 0 unspecified atom stereocenters. The van der Waals surface area contributed by atoms with Crippen LogP contribution in [-0.2, 0) is 6.54 Å². The summed E-state index contributed by atoms with van der Waals surface area (Å²) in [6.45, 7) is 4.88. The third-order valence-electron chi connectivity index (χ3n) is 2.66. The molecule has 2 rings (SSSR count). The van der Waals surface area contributed by atoms with Crippen LogP contribution in [0.25, 0.3) is 0 Å². The molecule has 4 nitrogen and oxygen atoms in total. The third-order valence-corrected chi connectivity index (χ3v) is 2.99. The molecular weight excluding hydrogens is 250 g/mol. The standard InChI is InChI=1S/C13H16ClN3O/c1-4-17-8-9(2)15-13(17)16-12-7-10(18-3)5-6-11(12)14/h5-8H,4H2,1-3H3,(H,15,16). The van der Waals surface area contributed by atoms with Crippen molar-refractivity contribution in [1.29, 1.82) is 0 Å². The molecule has 0 bridgehead atoms. The molecule has 2 aromatic rings. The monoisotopic (exact) mass is 265 g/mol. The second-order valence-electron chi connectivity index (χ2n) is 3.96.